The molecule has 3 aromatic carbocycles. The average Bonchev–Trinajstić information content (AvgIpc) is 3.10. The summed E-state index contributed by atoms with van der Waals surface area (Å²) in [5.41, 5.74) is 3.02. The molecule has 0 bridgehead atoms. The van der Waals surface area contributed by atoms with Gasteiger partial charge < -0.3 is 4.57 Å². The molecule has 0 amide bonds. The van der Waals surface area contributed by atoms with Crippen molar-refractivity contribution in [2.75, 3.05) is 12.5 Å². The van der Waals surface area contributed by atoms with Crippen LogP contribution >= 0.6 is 11.6 Å². The highest BCUT2D eigenvalue weighted by Crippen LogP contribution is 2.39. The number of benzene rings is 3. The zero-order valence-corrected chi connectivity index (χ0v) is 16.5. The number of hydrogen-bond donors (Lipinski definition) is 0. The summed E-state index contributed by atoms with van der Waals surface area (Å²) in [5, 5.41) is 0.611. The summed E-state index contributed by atoms with van der Waals surface area (Å²) in [6.45, 7) is -0.0804. The van der Waals surface area contributed by atoms with Gasteiger partial charge in [0, 0.05) is 17.0 Å². The van der Waals surface area contributed by atoms with Crippen molar-refractivity contribution < 1.29 is 12.6 Å². The first kappa shape index (κ1) is 18.7. The summed E-state index contributed by atoms with van der Waals surface area (Å²) in [6, 6.07) is 26.6. The molecule has 0 N–H and O–H groups in total. The van der Waals surface area contributed by atoms with E-state index in [1.165, 1.54) is 0 Å². The Morgan fingerprint density at radius 3 is 2.11 bits per heavy atom. The van der Waals surface area contributed by atoms with Crippen molar-refractivity contribution in [2.45, 2.75) is 4.90 Å². The second kappa shape index (κ2) is 7.80. The highest BCUT2D eigenvalue weighted by molar-refractivity contribution is 7.87. The summed E-state index contributed by atoms with van der Waals surface area (Å²) < 4.78 is 33.5. The maximum absolute atomic E-state index is 13.1. The van der Waals surface area contributed by atoms with Gasteiger partial charge in [0.15, 0.2) is 0 Å². The van der Waals surface area contributed by atoms with Gasteiger partial charge in [-0.25, -0.2) is 0 Å². The van der Waals surface area contributed by atoms with E-state index < -0.39 is 10.1 Å². The number of halogens is 1. The molecule has 0 spiro atoms. The molecule has 4 rings (SSSR count). The van der Waals surface area contributed by atoms with E-state index in [-0.39, 0.29) is 17.4 Å². The molecule has 0 unspecified atom stereocenters. The molecular weight excluding hydrogens is 394 g/mol. The summed E-state index contributed by atoms with van der Waals surface area (Å²) >= 11 is 5.68. The number of fused-ring (bicyclic) bond motifs is 1. The van der Waals surface area contributed by atoms with Gasteiger partial charge >= 0.3 is 0 Å². The first-order chi connectivity index (χ1) is 13.6. The Balaban J connectivity index is 2.14. The third-order valence-electron chi connectivity index (χ3n) is 4.46. The molecule has 4 aromatic rings. The lowest BCUT2D eigenvalue weighted by Gasteiger charge is -2.13. The zero-order chi connectivity index (χ0) is 19.6. The van der Waals surface area contributed by atoms with Gasteiger partial charge in [0.05, 0.1) is 17.8 Å². The first-order valence-corrected chi connectivity index (χ1v) is 10.8. The second-order valence-electron chi connectivity index (χ2n) is 6.20. The van der Waals surface area contributed by atoms with Crippen LogP contribution in [0.1, 0.15) is 0 Å². The Kier molecular flexibility index (Phi) is 5.22. The van der Waals surface area contributed by atoms with Crippen LogP contribution in [0.15, 0.2) is 89.8 Å². The van der Waals surface area contributed by atoms with E-state index in [1.807, 2.05) is 83.4 Å². The van der Waals surface area contributed by atoms with Crippen molar-refractivity contribution in [3.8, 4) is 16.9 Å². The van der Waals surface area contributed by atoms with Gasteiger partial charge in [-0.05, 0) is 23.8 Å². The van der Waals surface area contributed by atoms with Gasteiger partial charge in [0.2, 0.25) is 0 Å². The van der Waals surface area contributed by atoms with Crippen LogP contribution in [0.3, 0.4) is 0 Å². The summed E-state index contributed by atoms with van der Waals surface area (Å²) in [7, 11) is -4.02. The Labute approximate surface area is 169 Å². The molecule has 142 valence electrons. The molecule has 0 radical (unpaired) electrons. The topological polar surface area (TPSA) is 48.3 Å². The van der Waals surface area contributed by atoms with Crippen LogP contribution in [0.25, 0.3) is 27.8 Å². The number of alkyl halides is 1. The third kappa shape index (κ3) is 3.33. The molecule has 1 heterocycles. The smallest absolute Gasteiger partial charge is 0.299 e. The molecule has 0 saturated heterocycles. The predicted octanol–water partition coefficient (Wildman–Crippen LogP) is 5.24. The number of rotatable bonds is 6. The van der Waals surface area contributed by atoms with E-state index in [4.69, 9.17) is 15.8 Å². The maximum Gasteiger partial charge on any atom is 0.299 e. The second-order valence-corrected chi connectivity index (χ2v) is 8.13. The lowest BCUT2D eigenvalue weighted by atomic mass is 10.1. The average molecular weight is 412 g/mol. The molecule has 0 fully saturated rings. The Bertz CT molecular complexity index is 1200. The van der Waals surface area contributed by atoms with Crippen LogP contribution in [0.4, 0.5) is 0 Å². The molecule has 1 aromatic heterocycles. The van der Waals surface area contributed by atoms with E-state index >= 15 is 0 Å². The molecule has 0 atom stereocenters. The largest absolute Gasteiger partial charge is 0.308 e. The molecule has 6 heteroatoms. The Morgan fingerprint density at radius 2 is 1.43 bits per heavy atom. The fourth-order valence-electron chi connectivity index (χ4n) is 3.36. The number of para-hydroxylation sites is 2. The zero-order valence-electron chi connectivity index (χ0n) is 15.0. The highest BCUT2D eigenvalue weighted by Gasteiger charge is 2.29. The van der Waals surface area contributed by atoms with Crippen molar-refractivity contribution in [3.05, 3.63) is 84.9 Å². The minimum Gasteiger partial charge on any atom is -0.308 e. The van der Waals surface area contributed by atoms with Crippen LogP contribution in [0.5, 0.6) is 0 Å². The molecule has 4 nitrogen and oxygen atoms in total. The first-order valence-electron chi connectivity index (χ1n) is 8.83. The summed E-state index contributed by atoms with van der Waals surface area (Å²) in [6.07, 6.45) is 0. The van der Waals surface area contributed by atoms with Gasteiger partial charge in [-0.1, -0.05) is 66.7 Å². The molecule has 28 heavy (non-hydrogen) atoms. The summed E-state index contributed by atoms with van der Waals surface area (Å²) in [5.74, 6) is 0.0945. The van der Waals surface area contributed by atoms with E-state index in [0.29, 0.717) is 11.1 Å². The SMILES string of the molecule is O=S(=O)(OCCCl)c1c(-c2ccccc2)n(-c2ccccc2)c2ccccc12. The minimum atomic E-state index is -4.02. The Morgan fingerprint density at radius 1 is 0.821 bits per heavy atom. The van der Waals surface area contributed by atoms with E-state index in [0.717, 1.165) is 16.8 Å². The van der Waals surface area contributed by atoms with Gasteiger partial charge in [-0.3, -0.25) is 4.18 Å². The van der Waals surface area contributed by atoms with E-state index in [2.05, 4.69) is 0 Å². The Hall–Kier alpha value is -2.60. The van der Waals surface area contributed by atoms with Crippen molar-refractivity contribution in [2.24, 2.45) is 0 Å². The molecule has 0 aliphatic carbocycles. The standard InChI is InChI=1S/C22H18ClNO3S/c23-15-16-27-28(25,26)22-19-13-7-8-14-20(19)24(18-11-5-2-6-12-18)21(22)17-9-3-1-4-10-17/h1-14H,15-16H2. The fraction of sp³-hybridized carbons (Fsp3) is 0.0909. The van der Waals surface area contributed by atoms with Gasteiger partial charge in [-0.15, -0.1) is 11.6 Å². The van der Waals surface area contributed by atoms with Crippen LogP contribution < -0.4 is 0 Å². The van der Waals surface area contributed by atoms with Crippen molar-refractivity contribution in [3.63, 3.8) is 0 Å². The van der Waals surface area contributed by atoms with Crippen LogP contribution in [0.2, 0.25) is 0 Å². The lowest BCUT2D eigenvalue weighted by molar-refractivity contribution is 0.341. The number of nitrogens with zero attached hydrogens (tertiary/aromatic N) is 1. The normalized spacial score (nSPS) is 11.8. The molecule has 0 saturated carbocycles. The fourth-order valence-corrected chi connectivity index (χ4v) is 4.84. The van der Waals surface area contributed by atoms with Crippen molar-refractivity contribution >= 4 is 32.6 Å². The monoisotopic (exact) mass is 411 g/mol. The summed E-state index contributed by atoms with van der Waals surface area (Å²) in [4.78, 5) is 0.156. The number of aromatic nitrogens is 1. The molecular formula is C22H18ClNO3S. The minimum absolute atomic E-state index is 0.0804. The number of hydrogen-bond acceptors (Lipinski definition) is 3. The van der Waals surface area contributed by atoms with Crippen LogP contribution in [-0.2, 0) is 14.3 Å². The third-order valence-corrected chi connectivity index (χ3v) is 6.00. The van der Waals surface area contributed by atoms with Gasteiger partial charge in [0.1, 0.15) is 4.90 Å². The van der Waals surface area contributed by atoms with Gasteiger partial charge in [0.25, 0.3) is 10.1 Å². The highest BCUT2D eigenvalue weighted by atomic mass is 35.5. The van der Waals surface area contributed by atoms with Crippen LogP contribution in [-0.4, -0.2) is 25.5 Å². The molecule has 0 aliphatic heterocycles. The van der Waals surface area contributed by atoms with Gasteiger partial charge in [-0.2, -0.15) is 8.42 Å². The van der Waals surface area contributed by atoms with Crippen LogP contribution in [0, 0.1) is 0 Å². The van der Waals surface area contributed by atoms with E-state index in [1.54, 1.807) is 6.07 Å². The maximum atomic E-state index is 13.1. The lowest BCUT2D eigenvalue weighted by Crippen LogP contribution is -2.10. The molecule has 0 aliphatic rings. The quantitative estimate of drug-likeness (QED) is 0.322. The van der Waals surface area contributed by atoms with E-state index in [9.17, 15) is 8.42 Å². The predicted molar refractivity (Wildman–Crippen MR) is 113 cm³/mol. The van der Waals surface area contributed by atoms with Crippen molar-refractivity contribution in [1.82, 2.24) is 4.57 Å². The van der Waals surface area contributed by atoms with Crippen molar-refractivity contribution in [1.29, 1.82) is 0 Å².